The summed E-state index contributed by atoms with van der Waals surface area (Å²) < 4.78 is 39.6. The van der Waals surface area contributed by atoms with Crippen LogP contribution in [0.2, 0.25) is 5.02 Å². The first kappa shape index (κ1) is 20.5. The molecule has 1 amide bonds. The van der Waals surface area contributed by atoms with Gasteiger partial charge in [0.15, 0.2) is 10.9 Å². The number of carbonyl (C=O) groups is 1. The predicted octanol–water partition coefficient (Wildman–Crippen LogP) is 3.59. The molecule has 0 unspecified atom stereocenters. The molecule has 30 heavy (non-hydrogen) atoms. The Morgan fingerprint density at radius 3 is 2.67 bits per heavy atom. The summed E-state index contributed by atoms with van der Waals surface area (Å²) >= 11 is 6.82. The highest BCUT2D eigenvalue weighted by atomic mass is 35.5. The minimum absolute atomic E-state index is 0.0416. The number of ether oxygens (including phenoxy) is 2. The SMILES string of the molecule is O=C1NC(=NS(=O)(=O)c2cccc(Cl)c2)SC1=C(Cc1ccccc1)C1=COCO1. The number of amidine groups is 1. The Morgan fingerprint density at radius 1 is 1.17 bits per heavy atom. The lowest BCUT2D eigenvalue weighted by Crippen LogP contribution is -2.21. The first-order valence-corrected chi connectivity index (χ1v) is 11.4. The van der Waals surface area contributed by atoms with E-state index in [0.29, 0.717) is 22.7 Å². The lowest BCUT2D eigenvalue weighted by atomic mass is 10.0. The van der Waals surface area contributed by atoms with Gasteiger partial charge in [0.2, 0.25) is 6.79 Å². The average molecular weight is 463 g/mol. The molecule has 2 heterocycles. The van der Waals surface area contributed by atoms with Gasteiger partial charge in [-0.3, -0.25) is 10.1 Å². The molecule has 2 aliphatic rings. The number of carbonyl (C=O) groups excluding carboxylic acids is 1. The molecule has 0 saturated carbocycles. The van der Waals surface area contributed by atoms with E-state index in [1.807, 2.05) is 30.3 Å². The maximum absolute atomic E-state index is 12.6. The van der Waals surface area contributed by atoms with Gasteiger partial charge in [-0.2, -0.15) is 8.42 Å². The largest absolute Gasteiger partial charge is 0.461 e. The smallest absolute Gasteiger partial charge is 0.284 e. The number of allylic oxidation sites excluding steroid dienone is 1. The van der Waals surface area contributed by atoms with E-state index in [9.17, 15) is 13.2 Å². The van der Waals surface area contributed by atoms with Crippen LogP contribution in [0, 0.1) is 0 Å². The summed E-state index contributed by atoms with van der Waals surface area (Å²) in [6.07, 6.45) is 1.84. The molecule has 1 saturated heterocycles. The molecule has 0 radical (unpaired) electrons. The zero-order valence-corrected chi connectivity index (χ0v) is 17.8. The predicted molar refractivity (Wildman–Crippen MR) is 114 cm³/mol. The third kappa shape index (κ3) is 4.53. The third-order valence-corrected chi connectivity index (χ3v) is 6.84. The van der Waals surface area contributed by atoms with Gasteiger partial charge in [-0.1, -0.05) is 48.0 Å². The van der Waals surface area contributed by atoms with E-state index in [1.165, 1.54) is 24.5 Å². The first-order chi connectivity index (χ1) is 14.4. The number of hydrogen-bond acceptors (Lipinski definition) is 6. The van der Waals surface area contributed by atoms with Crippen LogP contribution >= 0.6 is 23.4 Å². The van der Waals surface area contributed by atoms with Crippen LogP contribution in [-0.4, -0.2) is 26.3 Å². The van der Waals surface area contributed by atoms with Gasteiger partial charge < -0.3 is 9.47 Å². The first-order valence-electron chi connectivity index (χ1n) is 8.74. The highest BCUT2D eigenvalue weighted by Crippen LogP contribution is 2.34. The van der Waals surface area contributed by atoms with Crippen molar-refractivity contribution in [2.45, 2.75) is 11.3 Å². The molecule has 0 atom stereocenters. The Balaban J connectivity index is 1.69. The molecule has 0 bridgehead atoms. The van der Waals surface area contributed by atoms with Crippen molar-refractivity contribution in [3.8, 4) is 0 Å². The maximum Gasteiger partial charge on any atom is 0.284 e. The van der Waals surface area contributed by atoms with Crippen molar-refractivity contribution in [3.63, 3.8) is 0 Å². The molecule has 0 aliphatic carbocycles. The highest BCUT2D eigenvalue weighted by molar-refractivity contribution is 8.19. The maximum atomic E-state index is 12.6. The van der Waals surface area contributed by atoms with Crippen molar-refractivity contribution in [2.24, 2.45) is 4.40 Å². The van der Waals surface area contributed by atoms with Gasteiger partial charge >= 0.3 is 0 Å². The van der Waals surface area contributed by atoms with Crippen molar-refractivity contribution in [2.75, 3.05) is 6.79 Å². The quantitative estimate of drug-likeness (QED) is 0.682. The van der Waals surface area contributed by atoms with E-state index in [2.05, 4.69) is 9.71 Å². The van der Waals surface area contributed by atoms with Gasteiger partial charge in [0.1, 0.15) is 6.26 Å². The summed E-state index contributed by atoms with van der Waals surface area (Å²) in [5, 5.41) is 2.75. The normalized spacial score (nSPS) is 19.2. The molecule has 1 fully saturated rings. The average Bonchev–Trinajstić information content (AvgIpc) is 3.37. The molecular weight excluding hydrogens is 448 g/mol. The topological polar surface area (TPSA) is 94.1 Å². The van der Waals surface area contributed by atoms with Crippen LogP contribution in [0.5, 0.6) is 0 Å². The van der Waals surface area contributed by atoms with Gasteiger partial charge in [-0.05, 0) is 35.5 Å². The number of nitrogens with one attached hydrogen (secondary N) is 1. The minimum Gasteiger partial charge on any atom is -0.461 e. The third-order valence-electron chi connectivity index (χ3n) is 4.19. The van der Waals surface area contributed by atoms with Crippen molar-refractivity contribution in [3.05, 3.63) is 87.7 Å². The Bertz CT molecular complexity index is 1190. The summed E-state index contributed by atoms with van der Waals surface area (Å²) in [7, 11) is -4.04. The summed E-state index contributed by atoms with van der Waals surface area (Å²) in [6.45, 7) is 0.0529. The van der Waals surface area contributed by atoms with Crippen molar-refractivity contribution in [1.82, 2.24) is 5.32 Å². The zero-order chi connectivity index (χ0) is 21.1. The van der Waals surface area contributed by atoms with E-state index in [-0.39, 0.29) is 21.9 Å². The van der Waals surface area contributed by atoms with E-state index in [1.54, 1.807) is 6.07 Å². The van der Waals surface area contributed by atoms with Crippen molar-refractivity contribution < 1.29 is 22.7 Å². The zero-order valence-electron chi connectivity index (χ0n) is 15.4. The Kier molecular flexibility index (Phi) is 5.85. The van der Waals surface area contributed by atoms with E-state index < -0.39 is 15.9 Å². The van der Waals surface area contributed by atoms with Gasteiger partial charge in [-0.15, -0.1) is 4.40 Å². The van der Waals surface area contributed by atoms with Gasteiger partial charge in [-0.25, -0.2) is 0 Å². The Labute approximate surface area is 182 Å². The molecule has 0 aromatic heterocycles. The molecule has 2 aromatic carbocycles. The van der Waals surface area contributed by atoms with Crippen LogP contribution in [0.1, 0.15) is 5.56 Å². The molecule has 10 heteroatoms. The lowest BCUT2D eigenvalue weighted by Gasteiger charge is -2.09. The number of thioether (sulfide) groups is 1. The van der Waals surface area contributed by atoms with Crippen molar-refractivity contribution in [1.29, 1.82) is 0 Å². The second-order valence-electron chi connectivity index (χ2n) is 6.27. The highest BCUT2D eigenvalue weighted by Gasteiger charge is 2.32. The van der Waals surface area contributed by atoms with Crippen molar-refractivity contribution >= 4 is 44.5 Å². The molecular formula is C20H15ClN2O5S2. The summed E-state index contributed by atoms with van der Waals surface area (Å²) in [4.78, 5) is 12.9. The van der Waals surface area contributed by atoms with Gasteiger partial charge in [0.25, 0.3) is 15.9 Å². The fourth-order valence-electron chi connectivity index (χ4n) is 2.83. The van der Waals surface area contributed by atoms with Crippen LogP contribution in [0.25, 0.3) is 0 Å². The number of benzene rings is 2. The molecule has 7 nitrogen and oxygen atoms in total. The number of rotatable bonds is 5. The Morgan fingerprint density at radius 2 is 1.97 bits per heavy atom. The number of amides is 1. The van der Waals surface area contributed by atoms with Crippen LogP contribution < -0.4 is 5.32 Å². The second kappa shape index (κ2) is 8.55. The number of hydrogen-bond donors (Lipinski definition) is 1. The molecule has 0 spiro atoms. The van der Waals surface area contributed by atoms with E-state index >= 15 is 0 Å². The second-order valence-corrected chi connectivity index (χ2v) is 9.31. The Hall–Kier alpha value is -2.75. The van der Waals surface area contributed by atoms with Crippen LogP contribution in [-0.2, 0) is 30.7 Å². The van der Waals surface area contributed by atoms with E-state index in [4.69, 9.17) is 21.1 Å². The standard InChI is InChI=1S/C20H15ClN2O5S2/c21-14-7-4-8-15(10-14)30(25,26)23-20-22-19(24)18(29-20)16(17-11-27-12-28-17)9-13-5-2-1-3-6-13/h1-8,10-11H,9,12H2,(H,22,23,24). The monoisotopic (exact) mass is 462 g/mol. The van der Waals surface area contributed by atoms with Crippen LogP contribution in [0.15, 0.2) is 86.4 Å². The summed E-state index contributed by atoms with van der Waals surface area (Å²) in [5.74, 6) is -0.0298. The fourth-order valence-corrected chi connectivity index (χ4v) is 5.20. The summed E-state index contributed by atoms with van der Waals surface area (Å²) in [6, 6.07) is 15.3. The minimum atomic E-state index is -4.04. The summed E-state index contributed by atoms with van der Waals surface area (Å²) in [5.41, 5.74) is 1.55. The number of halogens is 1. The number of sulfonamides is 1. The van der Waals surface area contributed by atoms with Crippen LogP contribution in [0.4, 0.5) is 0 Å². The van der Waals surface area contributed by atoms with Gasteiger partial charge in [0.05, 0.1) is 9.80 Å². The molecule has 2 aliphatic heterocycles. The molecule has 154 valence electrons. The van der Waals surface area contributed by atoms with Gasteiger partial charge in [0, 0.05) is 17.0 Å². The number of nitrogens with zero attached hydrogens (tertiary/aromatic N) is 1. The molecule has 1 N–H and O–H groups in total. The molecule has 4 rings (SSSR count). The van der Waals surface area contributed by atoms with E-state index in [0.717, 1.165) is 17.3 Å². The fraction of sp³-hybridized carbons (Fsp3) is 0.100. The van der Waals surface area contributed by atoms with Crippen LogP contribution in [0.3, 0.4) is 0 Å². The lowest BCUT2D eigenvalue weighted by molar-refractivity contribution is -0.115. The molecule has 2 aromatic rings.